The van der Waals surface area contributed by atoms with Crippen LogP contribution < -0.4 is 5.32 Å². The topological polar surface area (TPSA) is 75.4 Å². The molecule has 2 unspecified atom stereocenters. The highest BCUT2D eigenvalue weighted by Crippen LogP contribution is 2.21. The number of benzene rings is 2. The molecule has 22 heavy (non-hydrogen) atoms. The lowest BCUT2D eigenvalue weighted by atomic mass is 10.0. The summed E-state index contributed by atoms with van der Waals surface area (Å²) in [5, 5.41) is 24.3. The molecule has 0 saturated heterocycles. The predicted molar refractivity (Wildman–Crippen MR) is 85.7 cm³/mol. The molecule has 0 aliphatic rings. The van der Waals surface area contributed by atoms with Crippen LogP contribution in [0.1, 0.15) is 35.8 Å². The minimum atomic E-state index is -0.609. The maximum Gasteiger partial charge on any atom is 0.269 e. The van der Waals surface area contributed by atoms with Crippen molar-refractivity contribution in [2.45, 2.75) is 26.0 Å². The van der Waals surface area contributed by atoms with Gasteiger partial charge in [-0.1, -0.05) is 36.4 Å². The number of hydrogen-bond donors (Lipinski definition) is 2. The number of non-ortho nitro benzene ring substituents is 1. The van der Waals surface area contributed by atoms with Gasteiger partial charge in [-0.25, -0.2) is 0 Å². The maximum absolute atomic E-state index is 10.8. The molecule has 5 nitrogen and oxygen atoms in total. The number of rotatable bonds is 6. The Kier molecular flexibility index (Phi) is 5.25. The van der Waals surface area contributed by atoms with Gasteiger partial charge in [0.25, 0.3) is 5.69 Å². The molecule has 0 heterocycles. The van der Waals surface area contributed by atoms with Crippen molar-refractivity contribution in [2.75, 3.05) is 6.54 Å². The van der Waals surface area contributed by atoms with E-state index in [0.717, 1.165) is 16.7 Å². The van der Waals surface area contributed by atoms with Gasteiger partial charge in [-0.3, -0.25) is 10.1 Å². The highest BCUT2D eigenvalue weighted by atomic mass is 16.6. The molecule has 0 fully saturated rings. The van der Waals surface area contributed by atoms with Crippen molar-refractivity contribution in [3.05, 3.63) is 75.3 Å². The van der Waals surface area contributed by atoms with Crippen LogP contribution in [0.15, 0.2) is 48.5 Å². The average molecular weight is 300 g/mol. The van der Waals surface area contributed by atoms with E-state index in [-0.39, 0.29) is 11.7 Å². The van der Waals surface area contributed by atoms with Gasteiger partial charge < -0.3 is 10.4 Å². The third-order valence-electron chi connectivity index (χ3n) is 3.75. The van der Waals surface area contributed by atoms with E-state index < -0.39 is 11.0 Å². The Balaban J connectivity index is 2.01. The van der Waals surface area contributed by atoms with Crippen molar-refractivity contribution < 1.29 is 10.0 Å². The largest absolute Gasteiger partial charge is 0.387 e. The molecule has 116 valence electrons. The van der Waals surface area contributed by atoms with E-state index in [0.29, 0.717) is 6.54 Å². The van der Waals surface area contributed by atoms with E-state index in [1.165, 1.54) is 6.07 Å². The van der Waals surface area contributed by atoms with E-state index in [9.17, 15) is 15.2 Å². The zero-order valence-corrected chi connectivity index (χ0v) is 12.7. The van der Waals surface area contributed by atoms with Crippen molar-refractivity contribution in [3.8, 4) is 0 Å². The second kappa shape index (κ2) is 7.15. The van der Waals surface area contributed by atoms with Gasteiger partial charge >= 0.3 is 0 Å². The van der Waals surface area contributed by atoms with Gasteiger partial charge in [-0.2, -0.15) is 0 Å². The quantitative estimate of drug-likeness (QED) is 0.634. The average Bonchev–Trinajstić information content (AvgIpc) is 2.52. The Hall–Kier alpha value is -2.24. The van der Waals surface area contributed by atoms with E-state index in [2.05, 4.69) is 5.32 Å². The first-order valence-corrected chi connectivity index (χ1v) is 7.20. The summed E-state index contributed by atoms with van der Waals surface area (Å²) in [6, 6.07) is 14.1. The molecule has 2 aromatic rings. The molecule has 2 rings (SSSR count). The minimum absolute atomic E-state index is 0.0746. The van der Waals surface area contributed by atoms with Crippen molar-refractivity contribution in [3.63, 3.8) is 0 Å². The van der Waals surface area contributed by atoms with Crippen LogP contribution in [0, 0.1) is 17.0 Å². The van der Waals surface area contributed by atoms with Crippen LogP contribution in [0.25, 0.3) is 0 Å². The minimum Gasteiger partial charge on any atom is -0.387 e. The monoisotopic (exact) mass is 300 g/mol. The summed E-state index contributed by atoms with van der Waals surface area (Å²) in [4.78, 5) is 10.4. The molecule has 0 aliphatic carbocycles. The van der Waals surface area contributed by atoms with Gasteiger partial charge in [0, 0.05) is 24.7 Å². The number of aryl methyl sites for hydroxylation is 1. The molecule has 0 spiro atoms. The molecule has 5 heteroatoms. The highest BCUT2D eigenvalue weighted by Gasteiger charge is 2.14. The Labute approximate surface area is 129 Å². The summed E-state index contributed by atoms with van der Waals surface area (Å²) in [6.45, 7) is 4.26. The van der Waals surface area contributed by atoms with Gasteiger partial charge in [0.05, 0.1) is 11.0 Å². The van der Waals surface area contributed by atoms with Gasteiger partial charge in [0.15, 0.2) is 0 Å². The predicted octanol–water partition coefficient (Wildman–Crippen LogP) is 3.29. The van der Waals surface area contributed by atoms with E-state index in [4.69, 9.17) is 0 Å². The zero-order valence-electron chi connectivity index (χ0n) is 12.7. The van der Waals surface area contributed by atoms with Crippen molar-refractivity contribution in [1.29, 1.82) is 0 Å². The number of aliphatic hydroxyl groups is 1. The Morgan fingerprint density at radius 2 is 1.95 bits per heavy atom. The smallest absolute Gasteiger partial charge is 0.269 e. The molecule has 0 aliphatic heterocycles. The van der Waals surface area contributed by atoms with Crippen LogP contribution in [0.3, 0.4) is 0 Å². The highest BCUT2D eigenvalue weighted by molar-refractivity contribution is 5.35. The van der Waals surface area contributed by atoms with E-state index in [1.807, 2.05) is 44.2 Å². The Bertz CT molecular complexity index is 658. The molecule has 2 atom stereocenters. The first-order valence-electron chi connectivity index (χ1n) is 7.20. The molecule has 2 N–H and O–H groups in total. The third-order valence-corrected chi connectivity index (χ3v) is 3.75. The summed E-state index contributed by atoms with van der Waals surface area (Å²) in [6.07, 6.45) is -0.609. The number of nitro benzene ring substituents is 1. The van der Waals surface area contributed by atoms with Crippen LogP contribution in [0.2, 0.25) is 0 Å². The Morgan fingerprint density at radius 1 is 1.23 bits per heavy atom. The molecule has 0 aromatic heterocycles. The fourth-order valence-corrected chi connectivity index (χ4v) is 2.38. The summed E-state index contributed by atoms with van der Waals surface area (Å²) >= 11 is 0. The second-order valence-electron chi connectivity index (χ2n) is 5.35. The molecule has 0 bridgehead atoms. The zero-order chi connectivity index (χ0) is 16.1. The summed E-state index contributed by atoms with van der Waals surface area (Å²) in [5.74, 6) is 0. The molecular formula is C17H20N2O3. The lowest BCUT2D eigenvalue weighted by Gasteiger charge is -2.19. The van der Waals surface area contributed by atoms with E-state index >= 15 is 0 Å². The standard InChI is InChI=1S/C17H20N2O3/c1-12-6-3-4-9-16(12)17(20)11-18-13(2)14-7-5-8-15(10-14)19(21)22/h3-10,13,17-18,20H,11H2,1-2H3. The molecule has 0 saturated carbocycles. The lowest BCUT2D eigenvalue weighted by molar-refractivity contribution is -0.384. The molecule has 0 amide bonds. The number of nitrogens with one attached hydrogen (secondary N) is 1. The van der Waals surface area contributed by atoms with Crippen molar-refractivity contribution in [1.82, 2.24) is 5.32 Å². The van der Waals surface area contributed by atoms with Crippen molar-refractivity contribution in [2.24, 2.45) is 0 Å². The van der Waals surface area contributed by atoms with Crippen molar-refractivity contribution >= 4 is 5.69 Å². The van der Waals surface area contributed by atoms with Crippen LogP contribution >= 0.6 is 0 Å². The van der Waals surface area contributed by atoms with Gasteiger partial charge in [0.1, 0.15) is 0 Å². The summed E-state index contributed by atoms with van der Waals surface area (Å²) in [7, 11) is 0. The summed E-state index contributed by atoms with van der Waals surface area (Å²) < 4.78 is 0. The summed E-state index contributed by atoms with van der Waals surface area (Å²) in [5.41, 5.74) is 2.83. The number of aliphatic hydroxyl groups excluding tert-OH is 1. The number of nitrogens with zero attached hydrogens (tertiary/aromatic N) is 1. The van der Waals surface area contributed by atoms with Crippen LogP contribution in [-0.4, -0.2) is 16.6 Å². The number of nitro groups is 1. The molecule has 2 aromatic carbocycles. The third kappa shape index (κ3) is 3.90. The SMILES string of the molecule is Cc1ccccc1C(O)CNC(C)c1cccc([N+](=O)[O-])c1. The van der Waals surface area contributed by atoms with Crippen LogP contribution in [-0.2, 0) is 0 Å². The van der Waals surface area contributed by atoms with Crippen LogP contribution in [0.4, 0.5) is 5.69 Å². The fourth-order valence-electron chi connectivity index (χ4n) is 2.38. The molecular weight excluding hydrogens is 280 g/mol. The number of hydrogen-bond acceptors (Lipinski definition) is 4. The van der Waals surface area contributed by atoms with Gasteiger partial charge in [0.2, 0.25) is 0 Å². The normalized spacial score (nSPS) is 13.6. The second-order valence-corrected chi connectivity index (χ2v) is 5.35. The lowest BCUT2D eigenvalue weighted by Crippen LogP contribution is -2.25. The molecule has 0 radical (unpaired) electrons. The first kappa shape index (κ1) is 16.1. The Morgan fingerprint density at radius 3 is 2.64 bits per heavy atom. The maximum atomic E-state index is 10.8. The first-order chi connectivity index (χ1) is 10.5. The fraction of sp³-hybridized carbons (Fsp3) is 0.294. The van der Waals surface area contributed by atoms with E-state index in [1.54, 1.807) is 12.1 Å². The van der Waals surface area contributed by atoms with Crippen LogP contribution in [0.5, 0.6) is 0 Å². The van der Waals surface area contributed by atoms with Gasteiger partial charge in [-0.15, -0.1) is 0 Å². The van der Waals surface area contributed by atoms with Gasteiger partial charge in [-0.05, 0) is 30.5 Å².